The van der Waals surface area contributed by atoms with Crippen LogP contribution < -0.4 is 14.8 Å². The molecular formula is C34H43N5O7. The first-order valence-electron chi connectivity index (χ1n) is 15.6. The van der Waals surface area contributed by atoms with E-state index in [4.69, 9.17) is 18.9 Å². The Labute approximate surface area is 269 Å². The van der Waals surface area contributed by atoms with Crippen molar-refractivity contribution < 1.29 is 33.3 Å². The lowest BCUT2D eigenvalue weighted by atomic mass is 10.0. The zero-order valence-corrected chi connectivity index (χ0v) is 27.0. The van der Waals surface area contributed by atoms with Gasteiger partial charge in [-0.3, -0.25) is 19.1 Å². The molecule has 3 amide bonds. The van der Waals surface area contributed by atoms with E-state index in [1.165, 1.54) is 0 Å². The summed E-state index contributed by atoms with van der Waals surface area (Å²) < 4.78 is 25.0. The van der Waals surface area contributed by atoms with Crippen LogP contribution in [0.2, 0.25) is 0 Å². The molecule has 1 aromatic heterocycles. The number of hydrogen-bond acceptors (Lipinski definition) is 8. The largest absolute Gasteiger partial charge is 0.493 e. The zero-order chi connectivity index (χ0) is 32.6. The van der Waals surface area contributed by atoms with Crippen LogP contribution in [0.1, 0.15) is 46.4 Å². The molecular weight excluding hydrogens is 590 g/mol. The molecule has 3 aliphatic heterocycles. The smallest absolute Gasteiger partial charge is 0.257 e. The first kappa shape index (κ1) is 33.0. The van der Waals surface area contributed by atoms with Gasteiger partial charge in [-0.2, -0.15) is 5.10 Å². The highest BCUT2D eigenvalue weighted by Crippen LogP contribution is 2.33. The summed E-state index contributed by atoms with van der Waals surface area (Å²) in [5, 5.41) is 7.42. The third-order valence-electron chi connectivity index (χ3n) is 8.34. The second-order valence-electron chi connectivity index (χ2n) is 11.8. The number of rotatable bonds is 6. The summed E-state index contributed by atoms with van der Waals surface area (Å²) in [7, 11) is 4.97. The van der Waals surface area contributed by atoms with Gasteiger partial charge in [-0.1, -0.05) is 18.2 Å². The van der Waals surface area contributed by atoms with Gasteiger partial charge in [0, 0.05) is 53.0 Å². The Morgan fingerprint density at radius 3 is 2.72 bits per heavy atom. The molecule has 1 N–H and O–H groups in total. The van der Waals surface area contributed by atoms with Crippen molar-refractivity contribution in [2.24, 2.45) is 7.05 Å². The van der Waals surface area contributed by atoms with E-state index < -0.39 is 6.04 Å². The number of hydrogen-bond donors (Lipinski definition) is 1. The molecule has 4 bridgehead atoms. The fourth-order valence-electron chi connectivity index (χ4n) is 5.94. The molecule has 3 aliphatic rings. The fraction of sp³-hybridized carbons (Fsp3) is 0.471. The van der Waals surface area contributed by atoms with E-state index in [9.17, 15) is 14.4 Å². The van der Waals surface area contributed by atoms with Crippen molar-refractivity contribution in [3.8, 4) is 17.2 Å². The zero-order valence-electron chi connectivity index (χ0n) is 27.0. The maximum absolute atomic E-state index is 13.6. The molecule has 0 unspecified atom stereocenters. The number of carbonyl (C=O) groups excluding carboxylic acids is 3. The highest BCUT2D eigenvalue weighted by Gasteiger charge is 2.35. The Hall–Kier alpha value is -4.42. The van der Waals surface area contributed by atoms with E-state index in [1.54, 1.807) is 48.9 Å². The monoisotopic (exact) mass is 633 g/mol. The average Bonchev–Trinajstić information content (AvgIpc) is 3.39. The maximum atomic E-state index is 13.6. The first-order chi connectivity index (χ1) is 22.2. The molecule has 2 atom stereocenters. The molecule has 0 radical (unpaired) electrons. The van der Waals surface area contributed by atoms with Crippen LogP contribution in [0.3, 0.4) is 0 Å². The third kappa shape index (κ3) is 8.24. The van der Waals surface area contributed by atoms with Gasteiger partial charge in [-0.05, 0) is 61.6 Å². The van der Waals surface area contributed by atoms with Crippen LogP contribution in [0, 0.1) is 6.92 Å². The SMILES string of the molecule is COCCCN1CC(=O)N[C@H]2CN(C(=O)c3cn(C)nc3C)CC[C@H]2OCc2cccc(c2)Oc2ccc(cc2OC)CCC1=O. The lowest BCUT2D eigenvalue weighted by Gasteiger charge is -2.39. The standard InChI is InChI=1S/C34H43N5O7/c1-23-27(19-37(2)36-23)34(42)39-15-13-29-28(20-39)35-32(40)21-38(14-6-16-43-3)33(41)12-10-24-9-11-30(31(18-24)44-4)46-26-8-5-7-25(17-26)22-45-29/h5,7-9,11,17-19,28-29H,6,10,12-16,20-22H2,1-4H3,(H,35,40)/t28-,29+/m0/s1. The number of carbonyl (C=O) groups is 3. The summed E-state index contributed by atoms with van der Waals surface area (Å²) in [6, 6.07) is 12.8. The van der Waals surface area contributed by atoms with E-state index in [-0.39, 0.29) is 49.9 Å². The number of nitrogens with zero attached hydrogens (tertiary/aromatic N) is 4. The quantitative estimate of drug-likeness (QED) is 0.411. The van der Waals surface area contributed by atoms with E-state index in [1.807, 2.05) is 42.5 Å². The predicted octanol–water partition coefficient (Wildman–Crippen LogP) is 3.26. The van der Waals surface area contributed by atoms with Gasteiger partial charge in [0.2, 0.25) is 11.8 Å². The van der Waals surface area contributed by atoms with Crippen molar-refractivity contribution in [2.75, 3.05) is 47.0 Å². The Morgan fingerprint density at radius 2 is 1.96 bits per heavy atom. The fourth-order valence-corrected chi connectivity index (χ4v) is 5.94. The minimum atomic E-state index is -0.487. The molecule has 246 valence electrons. The molecule has 12 nitrogen and oxygen atoms in total. The van der Waals surface area contributed by atoms with Crippen molar-refractivity contribution in [2.45, 2.75) is 51.4 Å². The molecule has 6 rings (SSSR count). The summed E-state index contributed by atoms with van der Waals surface area (Å²) in [6.45, 7) is 3.54. The number of fused-ring (bicyclic) bond motifs is 9. The van der Waals surface area contributed by atoms with Crippen LogP contribution in [-0.2, 0) is 39.1 Å². The predicted molar refractivity (Wildman–Crippen MR) is 170 cm³/mol. The molecule has 1 fully saturated rings. The number of methoxy groups -OCH3 is 2. The number of piperidine rings is 1. The minimum Gasteiger partial charge on any atom is -0.493 e. The van der Waals surface area contributed by atoms with Crippen molar-refractivity contribution in [3.05, 3.63) is 71.0 Å². The van der Waals surface area contributed by atoms with Crippen LogP contribution in [0.5, 0.6) is 17.2 Å². The summed E-state index contributed by atoms with van der Waals surface area (Å²) in [4.78, 5) is 43.8. The number of aromatic nitrogens is 2. The summed E-state index contributed by atoms with van der Waals surface area (Å²) >= 11 is 0. The Morgan fingerprint density at radius 1 is 1.11 bits per heavy atom. The van der Waals surface area contributed by atoms with Crippen LogP contribution >= 0.6 is 0 Å². The van der Waals surface area contributed by atoms with Gasteiger partial charge in [0.25, 0.3) is 5.91 Å². The molecule has 1 saturated heterocycles. The van der Waals surface area contributed by atoms with E-state index >= 15 is 0 Å². The van der Waals surface area contributed by atoms with Crippen molar-refractivity contribution >= 4 is 17.7 Å². The van der Waals surface area contributed by atoms with Crippen molar-refractivity contribution in [3.63, 3.8) is 0 Å². The Bertz CT molecular complexity index is 1540. The van der Waals surface area contributed by atoms with Gasteiger partial charge in [-0.15, -0.1) is 0 Å². The van der Waals surface area contributed by atoms with Crippen LogP contribution in [0.25, 0.3) is 0 Å². The third-order valence-corrected chi connectivity index (χ3v) is 8.34. The van der Waals surface area contributed by atoms with Crippen molar-refractivity contribution in [1.29, 1.82) is 0 Å². The number of likely N-dealkylation sites (tertiary alicyclic amines) is 1. The molecule has 46 heavy (non-hydrogen) atoms. The van der Waals surface area contributed by atoms with Crippen LogP contribution in [0.4, 0.5) is 0 Å². The van der Waals surface area contributed by atoms with Gasteiger partial charge in [0.15, 0.2) is 11.5 Å². The highest BCUT2D eigenvalue weighted by molar-refractivity contribution is 5.95. The number of nitrogens with one attached hydrogen (secondary N) is 1. The summed E-state index contributed by atoms with van der Waals surface area (Å²) in [6.07, 6.45) is 3.15. The number of amides is 3. The molecule has 0 spiro atoms. The lowest BCUT2D eigenvalue weighted by Crippen LogP contribution is -2.58. The summed E-state index contributed by atoms with van der Waals surface area (Å²) in [5.41, 5.74) is 2.99. The van der Waals surface area contributed by atoms with Gasteiger partial charge in [0.1, 0.15) is 5.75 Å². The second kappa shape index (κ2) is 15.2. The first-order valence-corrected chi connectivity index (χ1v) is 15.6. The van der Waals surface area contributed by atoms with Gasteiger partial charge < -0.3 is 34.1 Å². The molecule has 0 saturated carbocycles. The molecule has 2 aromatic carbocycles. The van der Waals surface area contributed by atoms with E-state index in [0.29, 0.717) is 67.5 Å². The van der Waals surface area contributed by atoms with Gasteiger partial charge >= 0.3 is 0 Å². The summed E-state index contributed by atoms with van der Waals surface area (Å²) in [5.74, 6) is 1.16. The Balaban J connectivity index is 1.41. The number of benzene rings is 2. The second-order valence-corrected chi connectivity index (χ2v) is 11.8. The Kier molecular flexibility index (Phi) is 10.9. The van der Waals surface area contributed by atoms with E-state index in [2.05, 4.69) is 10.4 Å². The van der Waals surface area contributed by atoms with E-state index in [0.717, 1.165) is 11.1 Å². The normalized spacial score (nSPS) is 19.4. The molecule has 4 heterocycles. The molecule has 0 aliphatic carbocycles. The topological polar surface area (TPSA) is 124 Å². The van der Waals surface area contributed by atoms with Crippen LogP contribution in [0.15, 0.2) is 48.7 Å². The lowest BCUT2D eigenvalue weighted by molar-refractivity contribution is -0.137. The average molecular weight is 634 g/mol. The molecule has 12 heteroatoms. The highest BCUT2D eigenvalue weighted by atomic mass is 16.5. The van der Waals surface area contributed by atoms with Crippen LogP contribution in [-0.4, -0.2) is 96.5 Å². The molecule has 3 aromatic rings. The van der Waals surface area contributed by atoms with Gasteiger partial charge in [0.05, 0.1) is 43.7 Å². The minimum absolute atomic E-state index is 0.112. The van der Waals surface area contributed by atoms with Crippen molar-refractivity contribution in [1.82, 2.24) is 24.9 Å². The maximum Gasteiger partial charge on any atom is 0.257 e. The number of aryl methyl sites for hydroxylation is 3. The number of ether oxygens (including phenoxy) is 4. The van der Waals surface area contributed by atoms with Gasteiger partial charge in [-0.25, -0.2) is 0 Å².